The number of anilines is 1. The Bertz CT molecular complexity index is 628. The normalized spacial score (nSPS) is 10.3. The minimum absolute atomic E-state index is 0.115. The predicted octanol–water partition coefficient (Wildman–Crippen LogP) is 5.26. The van der Waals surface area contributed by atoms with Crippen molar-refractivity contribution >= 4 is 55.1 Å². The highest BCUT2D eigenvalue weighted by Crippen LogP contribution is 2.22. The topological polar surface area (TPSA) is 29.1 Å². The van der Waals surface area contributed by atoms with Crippen LogP contribution in [0.5, 0.6) is 0 Å². The summed E-state index contributed by atoms with van der Waals surface area (Å²) in [6.45, 7) is 0. The van der Waals surface area contributed by atoms with Gasteiger partial charge < -0.3 is 5.32 Å². The van der Waals surface area contributed by atoms with Crippen LogP contribution >= 0.6 is 43.5 Å². The second-order valence-electron chi connectivity index (χ2n) is 3.74. The molecule has 1 N–H and O–H groups in total. The standard InChI is InChI=1S/C13H7Br2ClFNO/c14-8-1-2-12(11(17)6-8)18-13(19)7-3-9(15)5-10(16)4-7/h1-6H,(H,18,19). The lowest BCUT2D eigenvalue weighted by Gasteiger charge is -2.07. The molecule has 0 aliphatic heterocycles. The summed E-state index contributed by atoms with van der Waals surface area (Å²) in [5, 5.41) is 2.92. The van der Waals surface area contributed by atoms with Gasteiger partial charge in [0.15, 0.2) is 0 Å². The fraction of sp³-hybridized carbons (Fsp3) is 0. The van der Waals surface area contributed by atoms with Crippen molar-refractivity contribution in [2.24, 2.45) is 0 Å². The van der Waals surface area contributed by atoms with Crippen LogP contribution in [-0.4, -0.2) is 5.91 Å². The Balaban J connectivity index is 2.25. The average Bonchev–Trinajstić information content (AvgIpc) is 2.31. The van der Waals surface area contributed by atoms with Gasteiger partial charge in [-0.05, 0) is 36.4 Å². The summed E-state index contributed by atoms with van der Waals surface area (Å²) in [5.41, 5.74) is 0.464. The first-order valence-corrected chi connectivity index (χ1v) is 7.14. The maximum Gasteiger partial charge on any atom is 0.255 e. The lowest BCUT2D eigenvalue weighted by Crippen LogP contribution is -2.13. The molecule has 0 heterocycles. The molecule has 2 aromatic carbocycles. The van der Waals surface area contributed by atoms with E-state index in [4.69, 9.17) is 11.6 Å². The van der Waals surface area contributed by atoms with E-state index in [1.54, 1.807) is 18.2 Å². The second-order valence-corrected chi connectivity index (χ2v) is 6.00. The molecule has 98 valence electrons. The average molecular weight is 407 g/mol. The molecule has 0 aliphatic carbocycles. The maximum absolute atomic E-state index is 13.6. The Morgan fingerprint density at radius 3 is 2.47 bits per heavy atom. The lowest BCUT2D eigenvalue weighted by molar-refractivity contribution is 0.102. The van der Waals surface area contributed by atoms with E-state index in [2.05, 4.69) is 37.2 Å². The van der Waals surface area contributed by atoms with Gasteiger partial charge in [0.1, 0.15) is 5.82 Å². The fourth-order valence-corrected chi connectivity index (χ4v) is 2.66. The summed E-state index contributed by atoms with van der Waals surface area (Å²) in [6.07, 6.45) is 0. The molecule has 2 aromatic rings. The van der Waals surface area contributed by atoms with Crippen LogP contribution in [0.1, 0.15) is 10.4 Å². The highest BCUT2D eigenvalue weighted by atomic mass is 79.9. The summed E-state index contributed by atoms with van der Waals surface area (Å²) in [4.78, 5) is 12.0. The van der Waals surface area contributed by atoms with Crippen molar-refractivity contribution in [2.45, 2.75) is 0 Å². The molecule has 0 aromatic heterocycles. The third kappa shape index (κ3) is 3.78. The number of benzene rings is 2. The number of halogens is 4. The number of carbonyl (C=O) groups is 1. The number of rotatable bonds is 2. The zero-order valence-corrected chi connectivity index (χ0v) is 13.3. The predicted molar refractivity (Wildman–Crippen MR) is 81.2 cm³/mol. The van der Waals surface area contributed by atoms with Crippen molar-refractivity contribution in [3.63, 3.8) is 0 Å². The first-order chi connectivity index (χ1) is 8.95. The molecule has 0 saturated carbocycles. The van der Waals surface area contributed by atoms with Crippen LogP contribution in [0.15, 0.2) is 45.3 Å². The maximum atomic E-state index is 13.6. The SMILES string of the molecule is O=C(Nc1ccc(Br)cc1F)c1cc(Cl)cc(Br)c1. The van der Waals surface area contributed by atoms with Gasteiger partial charge in [0.05, 0.1) is 5.69 Å². The molecule has 0 bridgehead atoms. The minimum atomic E-state index is -0.510. The number of amides is 1. The van der Waals surface area contributed by atoms with Crippen LogP contribution in [0.25, 0.3) is 0 Å². The van der Waals surface area contributed by atoms with Gasteiger partial charge in [-0.1, -0.05) is 43.5 Å². The van der Waals surface area contributed by atoms with E-state index in [1.165, 1.54) is 18.2 Å². The number of nitrogens with one attached hydrogen (secondary N) is 1. The Hall–Kier alpha value is -0.910. The van der Waals surface area contributed by atoms with Gasteiger partial charge in [0.25, 0.3) is 5.91 Å². The third-order valence-electron chi connectivity index (χ3n) is 2.30. The van der Waals surface area contributed by atoms with Crippen molar-refractivity contribution in [3.05, 3.63) is 61.7 Å². The summed E-state index contributed by atoms with van der Waals surface area (Å²) in [6, 6.07) is 9.20. The molecule has 0 spiro atoms. The molecule has 2 rings (SSSR count). The summed E-state index contributed by atoms with van der Waals surface area (Å²) >= 11 is 12.3. The van der Waals surface area contributed by atoms with Crippen LogP contribution in [0.4, 0.5) is 10.1 Å². The fourth-order valence-electron chi connectivity index (χ4n) is 1.47. The zero-order valence-electron chi connectivity index (χ0n) is 9.38. The Morgan fingerprint density at radius 1 is 1.11 bits per heavy atom. The number of hydrogen-bond donors (Lipinski definition) is 1. The third-order valence-corrected chi connectivity index (χ3v) is 3.47. The highest BCUT2D eigenvalue weighted by molar-refractivity contribution is 9.10. The van der Waals surface area contributed by atoms with Crippen molar-refractivity contribution < 1.29 is 9.18 Å². The summed E-state index contributed by atoms with van der Waals surface area (Å²) in [7, 11) is 0. The van der Waals surface area contributed by atoms with Gasteiger partial charge >= 0.3 is 0 Å². The van der Waals surface area contributed by atoms with Crippen molar-refractivity contribution in [1.29, 1.82) is 0 Å². The van der Waals surface area contributed by atoms with Gasteiger partial charge in [0, 0.05) is 19.5 Å². The monoisotopic (exact) mass is 405 g/mol. The van der Waals surface area contributed by atoms with Crippen LogP contribution < -0.4 is 5.32 Å². The van der Waals surface area contributed by atoms with Crippen LogP contribution in [0, 0.1) is 5.82 Å². The molecular weight excluding hydrogens is 400 g/mol. The van der Waals surface area contributed by atoms with Crippen LogP contribution in [0.3, 0.4) is 0 Å². The van der Waals surface area contributed by atoms with Gasteiger partial charge in [-0.15, -0.1) is 0 Å². The van der Waals surface area contributed by atoms with Gasteiger partial charge in [-0.25, -0.2) is 4.39 Å². The molecule has 0 radical (unpaired) electrons. The number of carbonyl (C=O) groups excluding carboxylic acids is 1. The van der Waals surface area contributed by atoms with E-state index in [0.717, 1.165) is 0 Å². The van der Waals surface area contributed by atoms with E-state index < -0.39 is 11.7 Å². The van der Waals surface area contributed by atoms with E-state index in [1.807, 2.05) is 0 Å². The van der Waals surface area contributed by atoms with Crippen molar-refractivity contribution in [1.82, 2.24) is 0 Å². The molecule has 0 saturated heterocycles. The van der Waals surface area contributed by atoms with Crippen LogP contribution in [-0.2, 0) is 0 Å². The van der Waals surface area contributed by atoms with E-state index in [0.29, 0.717) is 19.5 Å². The molecule has 2 nitrogen and oxygen atoms in total. The van der Waals surface area contributed by atoms with Gasteiger partial charge in [-0.3, -0.25) is 4.79 Å². The summed E-state index contributed by atoms with van der Waals surface area (Å²) < 4.78 is 14.9. The van der Waals surface area contributed by atoms with Crippen LogP contribution in [0.2, 0.25) is 5.02 Å². The Morgan fingerprint density at radius 2 is 1.84 bits per heavy atom. The molecule has 0 atom stereocenters. The molecule has 0 unspecified atom stereocenters. The first-order valence-electron chi connectivity index (χ1n) is 5.18. The number of hydrogen-bond acceptors (Lipinski definition) is 1. The quantitative estimate of drug-likeness (QED) is 0.723. The van der Waals surface area contributed by atoms with E-state index in [-0.39, 0.29) is 5.69 Å². The molecule has 1 amide bonds. The molecule has 0 aliphatic rings. The highest BCUT2D eigenvalue weighted by Gasteiger charge is 2.11. The Kier molecular flexibility index (Phi) is 4.60. The van der Waals surface area contributed by atoms with Gasteiger partial charge in [0.2, 0.25) is 0 Å². The molecule has 19 heavy (non-hydrogen) atoms. The summed E-state index contributed by atoms with van der Waals surface area (Å²) in [5.74, 6) is -0.937. The Labute approximate surface area is 131 Å². The van der Waals surface area contributed by atoms with E-state index in [9.17, 15) is 9.18 Å². The second kappa shape index (κ2) is 6.03. The first kappa shape index (κ1) is 14.5. The van der Waals surface area contributed by atoms with Gasteiger partial charge in [-0.2, -0.15) is 0 Å². The molecule has 0 fully saturated rings. The van der Waals surface area contributed by atoms with Crippen molar-refractivity contribution in [3.8, 4) is 0 Å². The largest absolute Gasteiger partial charge is 0.319 e. The lowest BCUT2D eigenvalue weighted by atomic mass is 10.2. The smallest absolute Gasteiger partial charge is 0.255 e. The minimum Gasteiger partial charge on any atom is -0.319 e. The molecular formula is C13H7Br2ClFNO. The van der Waals surface area contributed by atoms with Crippen molar-refractivity contribution in [2.75, 3.05) is 5.32 Å². The zero-order chi connectivity index (χ0) is 14.0. The molecule has 6 heteroatoms. The van der Waals surface area contributed by atoms with E-state index >= 15 is 0 Å².